The molecule has 1 spiro atoms. The van der Waals surface area contributed by atoms with Crippen LogP contribution in [0.2, 0.25) is 0 Å². The van der Waals surface area contributed by atoms with Gasteiger partial charge in [0.1, 0.15) is 11.2 Å². The number of allylic oxidation sites excluding steroid dienone is 8. The Labute approximate surface area is 362 Å². The molecule has 0 radical (unpaired) electrons. The summed E-state index contributed by atoms with van der Waals surface area (Å²) < 4.78 is 8.85. The first-order valence-electron chi connectivity index (χ1n) is 21.4. The first-order chi connectivity index (χ1) is 31.3. The van der Waals surface area contributed by atoms with Crippen LogP contribution in [0, 0.1) is 0 Å². The molecule has 5 nitrogen and oxygen atoms in total. The molecule has 0 saturated carbocycles. The van der Waals surface area contributed by atoms with Crippen LogP contribution in [-0.4, -0.2) is 19.5 Å². The molecule has 0 N–H and O–H groups in total. The summed E-state index contributed by atoms with van der Waals surface area (Å²) in [5, 5.41) is 3.35. The van der Waals surface area contributed by atoms with Crippen molar-refractivity contribution in [1.82, 2.24) is 19.5 Å². The number of benzene rings is 7. The van der Waals surface area contributed by atoms with Crippen LogP contribution < -0.4 is 0 Å². The third-order valence-corrected chi connectivity index (χ3v) is 13.5. The third-order valence-electron chi connectivity index (χ3n) is 13.5. The fourth-order valence-corrected chi connectivity index (χ4v) is 11.0. The van der Waals surface area contributed by atoms with Crippen LogP contribution >= 0.6 is 0 Å². The SMILES string of the molecule is C1=Cc2c3n(-c4nc(-c5ccccc5)nc(-c5ccc6c(c5)oc5cccc(-c7ccccc7)c56)n4)c4ccc5c(c24)C2(C1=C(\C=C/C=C/C=C\3)c1ccccc12)c1ccccc1-5. The number of nitrogens with zero attached hydrogens (tertiary/aromatic N) is 4. The van der Waals surface area contributed by atoms with E-state index in [4.69, 9.17) is 19.4 Å². The predicted octanol–water partition coefficient (Wildman–Crippen LogP) is 14.0. The van der Waals surface area contributed by atoms with E-state index >= 15 is 0 Å². The molecule has 3 heterocycles. The van der Waals surface area contributed by atoms with Crippen molar-refractivity contribution in [2.24, 2.45) is 0 Å². The second kappa shape index (κ2) is 12.8. The first kappa shape index (κ1) is 34.3. The minimum atomic E-state index is -0.504. The highest BCUT2D eigenvalue weighted by molar-refractivity contribution is 6.13. The Bertz CT molecular complexity index is 3780. The van der Waals surface area contributed by atoms with Crippen molar-refractivity contribution in [2.45, 2.75) is 5.41 Å². The highest BCUT2D eigenvalue weighted by Gasteiger charge is 2.54. The molecule has 7 aromatic carbocycles. The summed E-state index contributed by atoms with van der Waals surface area (Å²) in [4.78, 5) is 15.9. The minimum Gasteiger partial charge on any atom is -0.456 e. The molecule has 2 bridgehead atoms. The summed E-state index contributed by atoms with van der Waals surface area (Å²) in [5.74, 6) is 1.70. The fraction of sp³-hybridized carbons (Fsp3) is 0.0172. The van der Waals surface area contributed by atoms with Crippen LogP contribution in [0.3, 0.4) is 0 Å². The van der Waals surface area contributed by atoms with E-state index < -0.39 is 5.41 Å². The van der Waals surface area contributed by atoms with Crippen LogP contribution in [0.5, 0.6) is 0 Å². The maximum Gasteiger partial charge on any atom is 0.238 e. The molecule has 292 valence electrons. The lowest BCUT2D eigenvalue weighted by Crippen LogP contribution is -2.26. The molecule has 1 unspecified atom stereocenters. The highest BCUT2D eigenvalue weighted by Crippen LogP contribution is 2.65. The largest absolute Gasteiger partial charge is 0.456 e. The van der Waals surface area contributed by atoms with Crippen molar-refractivity contribution in [3.8, 4) is 51.0 Å². The summed E-state index contributed by atoms with van der Waals surface area (Å²) >= 11 is 0. The van der Waals surface area contributed by atoms with E-state index in [0.29, 0.717) is 17.6 Å². The first-order valence-corrected chi connectivity index (χ1v) is 21.4. The molecule has 14 rings (SSSR count). The van der Waals surface area contributed by atoms with Gasteiger partial charge in [0.05, 0.1) is 16.6 Å². The number of rotatable bonds is 4. The van der Waals surface area contributed by atoms with Gasteiger partial charge in [-0.2, -0.15) is 9.97 Å². The molecular formula is C58H34N4O. The number of furan rings is 1. The molecule has 4 aliphatic rings. The smallest absolute Gasteiger partial charge is 0.238 e. The van der Waals surface area contributed by atoms with Crippen molar-refractivity contribution in [1.29, 1.82) is 0 Å². The molecule has 0 fully saturated rings. The summed E-state index contributed by atoms with van der Waals surface area (Å²) in [6.45, 7) is 0. The summed E-state index contributed by atoms with van der Waals surface area (Å²) in [7, 11) is 0. The number of fused-ring (bicyclic) bond motifs is 7. The summed E-state index contributed by atoms with van der Waals surface area (Å²) in [5.41, 5.74) is 18.6. The second-order valence-corrected chi connectivity index (χ2v) is 16.6. The summed E-state index contributed by atoms with van der Waals surface area (Å²) in [6, 6.07) is 55.9. The van der Waals surface area contributed by atoms with Gasteiger partial charge in [-0.15, -0.1) is 0 Å². The zero-order valence-electron chi connectivity index (χ0n) is 33.8. The molecule has 63 heavy (non-hydrogen) atoms. The predicted molar refractivity (Wildman–Crippen MR) is 255 cm³/mol. The maximum atomic E-state index is 6.60. The van der Waals surface area contributed by atoms with E-state index in [2.05, 4.69) is 181 Å². The van der Waals surface area contributed by atoms with Crippen molar-refractivity contribution >= 4 is 50.6 Å². The quantitative estimate of drug-likeness (QED) is 0.178. The zero-order chi connectivity index (χ0) is 41.2. The fourth-order valence-electron chi connectivity index (χ4n) is 11.0. The Morgan fingerprint density at radius 1 is 0.460 bits per heavy atom. The minimum absolute atomic E-state index is 0.504. The number of hydrogen-bond acceptors (Lipinski definition) is 4. The normalized spacial score (nSPS) is 17.8. The lowest BCUT2D eigenvalue weighted by atomic mass is 9.69. The zero-order valence-corrected chi connectivity index (χ0v) is 33.8. The Balaban J connectivity index is 1.05. The van der Waals surface area contributed by atoms with Gasteiger partial charge in [-0.05, 0) is 86.0 Å². The Morgan fingerprint density at radius 3 is 1.98 bits per heavy atom. The van der Waals surface area contributed by atoms with E-state index in [0.717, 1.165) is 61.0 Å². The number of aromatic nitrogens is 4. The molecule has 0 saturated heterocycles. The topological polar surface area (TPSA) is 56.7 Å². The van der Waals surface area contributed by atoms with Gasteiger partial charge in [0.15, 0.2) is 11.6 Å². The average molecular weight is 803 g/mol. The molecule has 1 atom stereocenters. The molecule has 5 heteroatoms. The third kappa shape index (κ3) is 4.63. The van der Waals surface area contributed by atoms with Gasteiger partial charge in [-0.3, -0.25) is 4.57 Å². The molecule has 0 aliphatic heterocycles. The van der Waals surface area contributed by atoms with Gasteiger partial charge in [0.2, 0.25) is 5.95 Å². The molecule has 3 aromatic heterocycles. The van der Waals surface area contributed by atoms with Crippen LogP contribution in [0.15, 0.2) is 204 Å². The van der Waals surface area contributed by atoms with Crippen molar-refractivity contribution in [3.05, 3.63) is 233 Å². The Hall–Kier alpha value is -8.41. The molecule has 0 amide bonds. The van der Waals surface area contributed by atoms with Gasteiger partial charge in [-0.1, -0.05) is 176 Å². The standard InChI is InChI=1S/C58H34N4O/c1-2-10-26-48-43-30-32-47-40(20-9-1)39-21-11-13-24-45(39)58(47)46-25-14-12-22-41(46)42-31-33-49(53(43)54(42)58)62(48)57-60-55(36-18-7-4-8-19-36)59-56(61-57)37-28-29-44-51(34-37)63-50-27-15-23-38(52(44)50)35-16-5-3-6-17-35/h1-34H/b2-1+,9-1?,10-2?,20-9-,26-10-,40-20?,48-26?. The van der Waals surface area contributed by atoms with Crippen molar-refractivity contribution in [3.63, 3.8) is 0 Å². The van der Waals surface area contributed by atoms with E-state index in [9.17, 15) is 0 Å². The van der Waals surface area contributed by atoms with Crippen molar-refractivity contribution in [2.75, 3.05) is 0 Å². The van der Waals surface area contributed by atoms with Gasteiger partial charge >= 0.3 is 0 Å². The van der Waals surface area contributed by atoms with Crippen LogP contribution in [0.25, 0.3) is 102 Å². The van der Waals surface area contributed by atoms with Gasteiger partial charge in [-0.25, -0.2) is 4.98 Å². The summed E-state index contributed by atoms with van der Waals surface area (Å²) in [6.07, 6.45) is 17.7. The van der Waals surface area contributed by atoms with E-state index in [1.807, 2.05) is 30.3 Å². The molecule has 10 aromatic rings. The highest BCUT2D eigenvalue weighted by atomic mass is 16.3. The van der Waals surface area contributed by atoms with Crippen LogP contribution in [-0.2, 0) is 5.41 Å². The van der Waals surface area contributed by atoms with Crippen LogP contribution in [0.1, 0.15) is 33.5 Å². The van der Waals surface area contributed by atoms with E-state index in [-0.39, 0.29) is 0 Å². The van der Waals surface area contributed by atoms with Gasteiger partial charge < -0.3 is 4.42 Å². The molecular weight excluding hydrogens is 769 g/mol. The molecule has 4 aliphatic carbocycles. The van der Waals surface area contributed by atoms with Gasteiger partial charge in [0.25, 0.3) is 0 Å². The lowest BCUT2D eigenvalue weighted by Gasteiger charge is -2.31. The Morgan fingerprint density at radius 2 is 1.16 bits per heavy atom. The number of hydrogen-bond donors (Lipinski definition) is 0. The van der Waals surface area contributed by atoms with Crippen molar-refractivity contribution < 1.29 is 4.42 Å². The Kier molecular flexibility index (Phi) is 6.97. The average Bonchev–Trinajstić information content (AvgIpc) is 4.01. The monoisotopic (exact) mass is 802 g/mol. The second-order valence-electron chi connectivity index (χ2n) is 16.6. The van der Waals surface area contributed by atoms with E-state index in [1.54, 1.807) is 0 Å². The van der Waals surface area contributed by atoms with Crippen LogP contribution in [0.4, 0.5) is 0 Å². The van der Waals surface area contributed by atoms with Gasteiger partial charge in [0, 0.05) is 32.8 Å². The lowest BCUT2D eigenvalue weighted by molar-refractivity contribution is 0.669. The maximum absolute atomic E-state index is 6.60. The van der Waals surface area contributed by atoms with E-state index in [1.165, 1.54) is 49.9 Å².